The lowest BCUT2D eigenvalue weighted by Gasteiger charge is -2.52. The summed E-state index contributed by atoms with van der Waals surface area (Å²) in [5, 5.41) is 24.2. The molecular formula is C27H24F3N9O. The number of aromatic amines is 1. The second-order valence-electron chi connectivity index (χ2n) is 10.3. The van der Waals surface area contributed by atoms with Gasteiger partial charge in [-0.1, -0.05) is 0 Å². The van der Waals surface area contributed by atoms with Crippen molar-refractivity contribution in [2.45, 2.75) is 56.0 Å². The summed E-state index contributed by atoms with van der Waals surface area (Å²) in [5.41, 5.74) is 0.687. The molecule has 0 amide bonds. The number of alkyl halides is 3. The molecule has 1 aliphatic carbocycles. The van der Waals surface area contributed by atoms with Gasteiger partial charge in [0.2, 0.25) is 5.88 Å². The van der Waals surface area contributed by atoms with Gasteiger partial charge in [-0.05, 0) is 37.8 Å². The topological polar surface area (TPSA) is 132 Å². The monoisotopic (exact) mass is 547 g/mol. The highest BCUT2D eigenvalue weighted by Crippen LogP contribution is 2.45. The summed E-state index contributed by atoms with van der Waals surface area (Å²) in [6, 6.07) is 8.20. The van der Waals surface area contributed by atoms with Crippen molar-refractivity contribution >= 4 is 11.0 Å². The van der Waals surface area contributed by atoms with E-state index in [4.69, 9.17) is 10.00 Å². The SMILES string of the molecule is N#CC[C@]1(n2cc(-c3ncnc4[nH]ccc34)cn2)C[C@@H](N2CCC(Oc3cc(C#N)cc(C(F)(F)F)n3)CC2)C1. The van der Waals surface area contributed by atoms with E-state index in [0.29, 0.717) is 32.4 Å². The number of hydrogen-bond acceptors (Lipinski definition) is 8. The van der Waals surface area contributed by atoms with E-state index in [2.05, 4.69) is 36.0 Å². The van der Waals surface area contributed by atoms with Crippen molar-refractivity contribution in [3.05, 3.63) is 54.4 Å². The molecule has 0 unspecified atom stereocenters. The van der Waals surface area contributed by atoms with Crippen LogP contribution in [-0.2, 0) is 11.7 Å². The Labute approximate surface area is 227 Å². The molecule has 40 heavy (non-hydrogen) atoms. The molecule has 4 aromatic heterocycles. The molecule has 0 aromatic carbocycles. The molecule has 1 N–H and O–H groups in total. The Hall–Kier alpha value is -4.49. The van der Waals surface area contributed by atoms with Crippen molar-refractivity contribution in [2.24, 2.45) is 0 Å². The Kier molecular flexibility index (Phi) is 6.39. The number of nitriles is 2. The van der Waals surface area contributed by atoms with Gasteiger partial charge in [0.1, 0.15) is 23.8 Å². The van der Waals surface area contributed by atoms with E-state index in [9.17, 15) is 18.4 Å². The van der Waals surface area contributed by atoms with Crippen molar-refractivity contribution < 1.29 is 17.9 Å². The molecule has 0 radical (unpaired) electrons. The van der Waals surface area contributed by atoms with E-state index in [1.807, 2.05) is 23.1 Å². The molecule has 1 aliphatic heterocycles. The molecule has 2 fully saturated rings. The number of nitrogens with zero attached hydrogens (tertiary/aromatic N) is 8. The summed E-state index contributed by atoms with van der Waals surface area (Å²) in [5.74, 6) is -0.184. The average Bonchev–Trinajstić information content (AvgIpc) is 3.61. The van der Waals surface area contributed by atoms with Gasteiger partial charge in [0.15, 0.2) is 0 Å². The maximum absolute atomic E-state index is 13.2. The second kappa shape index (κ2) is 9.92. The summed E-state index contributed by atoms with van der Waals surface area (Å²) in [7, 11) is 0. The van der Waals surface area contributed by atoms with E-state index < -0.39 is 17.4 Å². The molecule has 0 atom stereocenters. The first kappa shape index (κ1) is 25.8. The van der Waals surface area contributed by atoms with Gasteiger partial charge < -0.3 is 9.72 Å². The van der Waals surface area contributed by atoms with Crippen LogP contribution in [0.5, 0.6) is 5.88 Å². The quantitative estimate of drug-likeness (QED) is 0.375. The van der Waals surface area contributed by atoms with Crippen LogP contribution in [0.3, 0.4) is 0 Å². The fraction of sp³-hybridized carbons (Fsp3) is 0.407. The van der Waals surface area contributed by atoms with Gasteiger partial charge in [-0.2, -0.15) is 28.8 Å². The van der Waals surface area contributed by atoms with Crippen molar-refractivity contribution in [3.63, 3.8) is 0 Å². The Morgan fingerprint density at radius 1 is 1.15 bits per heavy atom. The molecule has 13 heteroatoms. The highest BCUT2D eigenvalue weighted by atomic mass is 19.4. The summed E-state index contributed by atoms with van der Waals surface area (Å²) < 4.78 is 47.1. The lowest BCUT2D eigenvalue weighted by atomic mass is 9.69. The van der Waals surface area contributed by atoms with Gasteiger partial charge in [-0.3, -0.25) is 9.58 Å². The number of rotatable bonds is 6. The summed E-state index contributed by atoms with van der Waals surface area (Å²) in [6.07, 6.45) is 5.17. The number of halogens is 3. The Morgan fingerprint density at radius 3 is 2.67 bits per heavy atom. The van der Waals surface area contributed by atoms with Crippen LogP contribution in [0.15, 0.2) is 43.1 Å². The number of likely N-dealkylation sites (tertiary alicyclic amines) is 1. The van der Waals surface area contributed by atoms with E-state index >= 15 is 0 Å². The van der Waals surface area contributed by atoms with E-state index in [-0.39, 0.29) is 23.6 Å². The van der Waals surface area contributed by atoms with Crippen molar-refractivity contribution in [1.82, 2.24) is 34.6 Å². The van der Waals surface area contributed by atoms with Crippen molar-refractivity contribution in [1.29, 1.82) is 10.5 Å². The third kappa shape index (κ3) is 4.73. The maximum Gasteiger partial charge on any atom is 0.433 e. The van der Waals surface area contributed by atoms with Crippen LogP contribution in [0, 0.1) is 22.7 Å². The number of pyridine rings is 1. The van der Waals surface area contributed by atoms with Gasteiger partial charge in [0.05, 0.1) is 41.6 Å². The molecule has 1 saturated carbocycles. The van der Waals surface area contributed by atoms with Crippen molar-refractivity contribution in [3.8, 4) is 29.3 Å². The molecule has 0 spiro atoms. The van der Waals surface area contributed by atoms with E-state index in [0.717, 1.165) is 41.2 Å². The largest absolute Gasteiger partial charge is 0.474 e. The van der Waals surface area contributed by atoms with E-state index in [1.54, 1.807) is 12.3 Å². The molecule has 5 heterocycles. The first-order valence-electron chi connectivity index (χ1n) is 12.9. The number of hydrogen-bond donors (Lipinski definition) is 1. The second-order valence-corrected chi connectivity index (χ2v) is 10.3. The minimum Gasteiger partial charge on any atom is -0.474 e. The van der Waals surface area contributed by atoms with Gasteiger partial charge in [-0.15, -0.1) is 0 Å². The molecular weight excluding hydrogens is 523 g/mol. The van der Waals surface area contributed by atoms with Gasteiger partial charge >= 0.3 is 6.18 Å². The van der Waals surface area contributed by atoms with Crippen LogP contribution in [0.2, 0.25) is 0 Å². The van der Waals surface area contributed by atoms with Gasteiger partial charge in [0, 0.05) is 48.5 Å². The van der Waals surface area contributed by atoms with Crippen LogP contribution in [-0.4, -0.2) is 59.9 Å². The zero-order valence-corrected chi connectivity index (χ0v) is 21.3. The number of fused-ring (bicyclic) bond motifs is 1. The molecule has 204 valence electrons. The summed E-state index contributed by atoms with van der Waals surface area (Å²) in [4.78, 5) is 17.7. The Morgan fingerprint density at radius 2 is 1.95 bits per heavy atom. The minimum atomic E-state index is -4.66. The van der Waals surface area contributed by atoms with Gasteiger partial charge in [0.25, 0.3) is 0 Å². The predicted molar refractivity (Wildman–Crippen MR) is 136 cm³/mol. The fourth-order valence-electron chi connectivity index (χ4n) is 5.75. The third-order valence-corrected chi connectivity index (χ3v) is 7.84. The van der Waals surface area contributed by atoms with Crippen molar-refractivity contribution in [2.75, 3.05) is 13.1 Å². The molecule has 0 bridgehead atoms. The molecule has 2 aliphatic rings. The number of ether oxygens (including phenoxy) is 1. The lowest BCUT2D eigenvalue weighted by molar-refractivity contribution is -0.141. The van der Waals surface area contributed by atoms with Crippen LogP contribution in [0.1, 0.15) is 43.4 Å². The number of nitrogens with one attached hydrogen (secondary N) is 1. The highest BCUT2D eigenvalue weighted by Gasteiger charge is 2.49. The minimum absolute atomic E-state index is 0.142. The lowest BCUT2D eigenvalue weighted by Crippen LogP contribution is -2.58. The van der Waals surface area contributed by atoms with Crippen LogP contribution >= 0.6 is 0 Å². The number of aromatic nitrogens is 6. The molecule has 4 aromatic rings. The van der Waals surface area contributed by atoms with Crippen LogP contribution < -0.4 is 4.74 Å². The first-order valence-corrected chi connectivity index (χ1v) is 12.9. The number of H-pyrrole nitrogens is 1. The normalized spacial score (nSPS) is 22.0. The molecule has 10 nitrogen and oxygen atoms in total. The number of piperidine rings is 1. The summed E-state index contributed by atoms with van der Waals surface area (Å²) >= 11 is 0. The summed E-state index contributed by atoms with van der Waals surface area (Å²) in [6.45, 7) is 1.41. The fourth-order valence-corrected chi connectivity index (χ4v) is 5.75. The highest BCUT2D eigenvalue weighted by molar-refractivity contribution is 5.90. The molecule has 6 rings (SSSR count). The molecule has 1 saturated heterocycles. The maximum atomic E-state index is 13.2. The average molecular weight is 548 g/mol. The Balaban J connectivity index is 1.10. The van der Waals surface area contributed by atoms with Crippen LogP contribution in [0.4, 0.5) is 13.2 Å². The Bertz CT molecular complexity index is 1620. The van der Waals surface area contributed by atoms with Gasteiger partial charge in [-0.25, -0.2) is 15.0 Å². The van der Waals surface area contributed by atoms with Crippen LogP contribution in [0.25, 0.3) is 22.3 Å². The zero-order valence-electron chi connectivity index (χ0n) is 21.3. The zero-order chi connectivity index (χ0) is 27.9. The van der Waals surface area contributed by atoms with E-state index in [1.165, 1.54) is 12.4 Å². The standard InChI is InChI=1S/C27H24F3N9O/c28-27(29,30)22-9-17(13-32)10-23(37-22)40-20-2-7-38(8-3-20)19-11-26(12-19,4-5-31)39-15-18(14-36-39)24-21-1-6-33-25(21)35-16-34-24/h1,6,9-10,14-16,19-20H,2-4,7-8,11-12H2,(H,33,34,35)/t19-,26+. The third-order valence-electron chi connectivity index (χ3n) is 7.84. The predicted octanol–water partition coefficient (Wildman–Crippen LogP) is 4.42. The first-order chi connectivity index (χ1) is 19.3. The smallest absolute Gasteiger partial charge is 0.433 e.